The summed E-state index contributed by atoms with van der Waals surface area (Å²) in [4.78, 5) is 32.0. The van der Waals surface area contributed by atoms with Crippen LogP contribution in [-0.4, -0.2) is 35.4 Å². The van der Waals surface area contributed by atoms with Crippen LogP contribution in [-0.2, 0) is 17.9 Å². The van der Waals surface area contributed by atoms with Gasteiger partial charge in [0, 0.05) is 12.7 Å². The van der Waals surface area contributed by atoms with Crippen LogP contribution < -0.4 is 10.9 Å². The first-order valence-corrected chi connectivity index (χ1v) is 8.14. The van der Waals surface area contributed by atoms with Gasteiger partial charge in [-0.3, -0.25) is 14.3 Å². The Kier molecular flexibility index (Phi) is 4.74. The molecule has 9 nitrogen and oxygen atoms in total. The summed E-state index contributed by atoms with van der Waals surface area (Å²) in [6.07, 6.45) is 3.70. The number of nitrogens with one attached hydrogen (secondary N) is 1. The summed E-state index contributed by atoms with van der Waals surface area (Å²) in [5, 5.41) is 11.4. The van der Waals surface area contributed by atoms with Crippen molar-refractivity contribution in [2.24, 2.45) is 0 Å². The van der Waals surface area contributed by atoms with Gasteiger partial charge in [0.15, 0.2) is 11.6 Å². The first kappa shape index (κ1) is 17.6. The molecule has 136 valence electrons. The lowest BCUT2D eigenvalue weighted by Gasteiger charge is -2.10. The van der Waals surface area contributed by atoms with Crippen LogP contribution in [0.2, 0.25) is 0 Å². The van der Waals surface area contributed by atoms with Crippen LogP contribution in [0, 0.1) is 5.82 Å². The molecular weight excluding hydrogens is 341 g/mol. The molecule has 0 aliphatic rings. The molecule has 0 saturated carbocycles. The van der Waals surface area contributed by atoms with Gasteiger partial charge < -0.3 is 5.32 Å². The fourth-order valence-corrected chi connectivity index (χ4v) is 2.50. The molecule has 0 aliphatic heterocycles. The van der Waals surface area contributed by atoms with Gasteiger partial charge in [0.1, 0.15) is 18.4 Å². The number of hydrogen-bond acceptors (Lipinski definition) is 6. The third-order valence-electron chi connectivity index (χ3n) is 3.79. The van der Waals surface area contributed by atoms with Crippen LogP contribution >= 0.6 is 0 Å². The summed E-state index contributed by atoms with van der Waals surface area (Å²) >= 11 is 0. The quantitative estimate of drug-likeness (QED) is 0.736. The molecule has 0 aromatic carbocycles. The largest absolute Gasteiger partial charge is 0.307 e. The molecule has 3 aromatic heterocycles. The molecule has 26 heavy (non-hydrogen) atoms. The van der Waals surface area contributed by atoms with Gasteiger partial charge in [-0.15, -0.1) is 0 Å². The third kappa shape index (κ3) is 3.30. The number of carbonyl (C=O) groups excluding carboxylic acids is 1. The van der Waals surface area contributed by atoms with Crippen molar-refractivity contribution in [1.29, 1.82) is 0 Å². The van der Waals surface area contributed by atoms with E-state index in [1.54, 1.807) is 10.9 Å². The lowest BCUT2D eigenvalue weighted by molar-refractivity contribution is -0.117. The van der Waals surface area contributed by atoms with E-state index in [1.165, 1.54) is 0 Å². The Labute approximate surface area is 147 Å². The first-order valence-electron chi connectivity index (χ1n) is 8.14. The fraction of sp³-hybridized carbons (Fsp3) is 0.375. The number of aromatic nitrogens is 6. The SMILES string of the molecule is CCn1cc2c(=O)n(CC(=O)Nc3ncncc3F)nc(C(C)C)c2n1. The summed E-state index contributed by atoms with van der Waals surface area (Å²) < 4.78 is 16.3. The highest BCUT2D eigenvalue weighted by Gasteiger charge is 2.18. The maximum Gasteiger partial charge on any atom is 0.278 e. The highest BCUT2D eigenvalue weighted by Crippen LogP contribution is 2.19. The van der Waals surface area contributed by atoms with E-state index in [1.807, 2.05) is 20.8 Å². The van der Waals surface area contributed by atoms with Crippen LogP contribution in [0.3, 0.4) is 0 Å². The Hall–Kier alpha value is -3.17. The van der Waals surface area contributed by atoms with E-state index in [2.05, 4.69) is 25.5 Å². The van der Waals surface area contributed by atoms with Crippen LogP contribution in [0.15, 0.2) is 23.5 Å². The Balaban J connectivity index is 1.97. The molecule has 0 fully saturated rings. The Morgan fingerprint density at radius 1 is 1.35 bits per heavy atom. The molecule has 0 spiro atoms. The molecular formula is C16H18FN7O2. The molecule has 0 bridgehead atoms. The van der Waals surface area contributed by atoms with Crippen molar-refractivity contribution in [2.75, 3.05) is 5.32 Å². The smallest absolute Gasteiger partial charge is 0.278 e. The molecule has 0 saturated heterocycles. The predicted molar refractivity (Wildman–Crippen MR) is 92.2 cm³/mol. The average molecular weight is 359 g/mol. The Bertz CT molecular complexity index is 1030. The van der Waals surface area contributed by atoms with E-state index in [0.29, 0.717) is 23.1 Å². The number of fused-ring (bicyclic) bond motifs is 1. The maximum atomic E-state index is 13.6. The van der Waals surface area contributed by atoms with Crippen molar-refractivity contribution in [3.63, 3.8) is 0 Å². The molecule has 0 aliphatic carbocycles. The summed E-state index contributed by atoms with van der Waals surface area (Å²) in [6, 6.07) is 0. The summed E-state index contributed by atoms with van der Waals surface area (Å²) in [6.45, 7) is 6.01. The highest BCUT2D eigenvalue weighted by molar-refractivity contribution is 5.89. The van der Waals surface area contributed by atoms with Gasteiger partial charge >= 0.3 is 0 Å². The normalized spacial score (nSPS) is 11.3. The Morgan fingerprint density at radius 3 is 2.77 bits per heavy atom. The molecule has 1 amide bonds. The Morgan fingerprint density at radius 2 is 2.12 bits per heavy atom. The van der Waals surface area contributed by atoms with Crippen molar-refractivity contribution < 1.29 is 9.18 Å². The molecule has 0 radical (unpaired) electrons. The van der Waals surface area contributed by atoms with Gasteiger partial charge in [0.2, 0.25) is 5.91 Å². The van der Waals surface area contributed by atoms with Gasteiger partial charge in [-0.1, -0.05) is 13.8 Å². The monoisotopic (exact) mass is 359 g/mol. The zero-order chi connectivity index (χ0) is 18.8. The second-order valence-electron chi connectivity index (χ2n) is 6.02. The van der Waals surface area contributed by atoms with E-state index >= 15 is 0 Å². The van der Waals surface area contributed by atoms with E-state index < -0.39 is 17.3 Å². The third-order valence-corrected chi connectivity index (χ3v) is 3.79. The van der Waals surface area contributed by atoms with Crippen molar-refractivity contribution in [2.45, 2.75) is 39.8 Å². The molecule has 3 rings (SSSR count). The second kappa shape index (κ2) is 6.98. The maximum absolute atomic E-state index is 13.6. The van der Waals surface area contributed by atoms with E-state index in [0.717, 1.165) is 17.2 Å². The van der Waals surface area contributed by atoms with Gasteiger partial charge in [0.25, 0.3) is 5.56 Å². The van der Waals surface area contributed by atoms with Crippen molar-refractivity contribution in [3.05, 3.63) is 40.6 Å². The number of aryl methyl sites for hydroxylation is 1. The van der Waals surface area contributed by atoms with Gasteiger partial charge in [0.05, 0.1) is 17.3 Å². The molecule has 0 unspecified atom stereocenters. The van der Waals surface area contributed by atoms with E-state index in [9.17, 15) is 14.0 Å². The lowest BCUT2D eigenvalue weighted by Crippen LogP contribution is -2.31. The first-order chi connectivity index (χ1) is 12.4. The zero-order valence-corrected chi connectivity index (χ0v) is 14.6. The summed E-state index contributed by atoms with van der Waals surface area (Å²) in [5.41, 5.74) is 0.723. The minimum Gasteiger partial charge on any atom is -0.307 e. The fourth-order valence-electron chi connectivity index (χ4n) is 2.50. The number of carbonyl (C=O) groups is 1. The molecule has 0 atom stereocenters. The average Bonchev–Trinajstić information content (AvgIpc) is 3.04. The second-order valence-corrected chi connectivity index (χ2v) is 6.02. The van der Waals surface area contributed by atoms with Crippen LogP contribution in [0.25, 0.3) is 10.9 Å². The van der Waals surface area contributed by atoms with E-state index in [-0.39, 0.29) is 18.3 Å². The molecule has 3 aromatic rings. The van der Waals surface area contributed by atoms with Crippen LogP contribution in [0.5, 0.6) is 0 Å². The molecule has 10 heteroatoms. The predicted octanol–water partition coefficient (Wildman–Crippen LogP) is 1.30. The van der Waals surface area contributed by atoms with Crippen LogP contribution in [0.4, 0.5) is 10.2 Å². The van der Waals surface area contributed by atoms with Gasteiger partial charge in [-0.25, -0.2) is 19.0 Å². The lowest BCUT2D eigenvalue weighted by atomic mass is 10.1. The topological polar surface area (TPSA) is 108 Å². The highest BCUT2D eigenvalue weighted by atomic mass is 19.1. The van der Waals surface area contributed by atoms with Crippen molar-refractivity contribution in [1.82, 2.24) is 29.5 Å². The number of anilines is 1. The summed E-state index contributed by atoms with van der Waals surface area (Å²) in [7, 11) is 0. The molecule has 1 N–H and O–H groups in total. The minimum absolute atomic E-state index is 0.00641. The number of nitrogens with zero attached hydrogens (tertiary/aromatic N) is 6. The van der Waals surface area contributed by atoms with Gasteiger partial charge in [-0.05, 0) is 12.8 Å². The number of halogens is 1. The standard InChI is InChI=1S/C16H18FN7O2/c1-4-23-6-10-14(21-23)13(9(2)3)22-24(16(10)26)7-12(25)20-15-11(17)5-18-8-19-15/h5-6,8-9H,4,7H2,1-3H3,(H,18,19,20,25). The van der Waals surface area contributed by atoms with Crippen LogP contribution in [0.1, 0.15) is 32.4 Å². The number of hydrogen-bond donors (Lipinski definition) is 1. The molecule has 3 heterocycles. The van der Waals surface area contributed by atoms with E-state index in [4.69, 9.17) is 0 Å². The summed E-state index contributed by atoms with van der Waals surface area (Å²) in [5.74, 6) is -1.62. The van der Waals surface area contributed by atoms with Crippen molar-refractivity contribution >= 4 is 22.6 Å². The zero-order valence-electron chi connectivity index (χ0n) is 14.6. The van der Waals surface area contributed by atoms with Gasteiger partial charge in [-0.2, -0.15) is 10.2 Å². The van der Waals surface area contributed by atoms with Crippen molar-refractivity contribution in [3.8, 4) is 0 Å². The number of rotatable bonds is 5. The number of amides is 1. The minimum atomic E-state index is -0.760.